The highest BCUT2D eigenvalue weighted by Crippen LogP contribution is 2.40. The molecular weight excluding hydrogens is 438 g/mol. The van der Waals surface area contributed by atoms with Gasteiger partial charge in [-0.3, -0.25) is 9.59 Å². The van der Waals surface area contributed by atoms with Gasteiger partial charge in [-0.15, -0.1) is 0 Å². The van der Waals surface area contributed by atoms with Crippen molar-refractivity contribution < 1.29 is 19.4 Å². The van der Waals surface area contributed by atoms with Crippen molar-refractivity contribution in [2.45, 2.75) is 12.5 Å². The summed E-state index contributed by atoms with van der Waals surface area (Å²) in [4.78, 5) is 28.1. The molecule has 5 rings (SSSR count). The third-order valence-electron chi connectivity index (χ3n) is 6.50. The molecule has 1 amide bonds. The van der Waals surface area contributed by atoms with Crippen molar-refractivity contribution in [1.29, 1.82) is 0 Å². The molecule has 35 heavy (non-hydrogen) atoms. The van der Waals surface area contributed by atoms with E-state index >= 15 is 0 Å². The van der Waals surface area contributed by atoms with Gasteiger partial charge in [0, 0.05) is 12.1 Å². The Morgan fingerprint density at radius 3 is 2.29 bits per heavy atom. The van der Waals surface area contributed by atoms with Crippen molar-refractivity contribution in [2.24, 2.45) is 0 Å². The summed E-state index contributed by atoms with van der Waals surface area (Å²) < 4.78 is 5.22. The average molecular weight is 464 g/mol. The second kappa shape index (κ2) is 9.47. The first-order valence-electron chi connectivity index (χ1n) is 11.5. The fraction of sp³-hybridized carbons (Fsp3) is 0.133. The van der Waals surface area contributed by atoms with E-state index in [1.165, 1.54) is 0 Å². The largest absolute Gasteiger partial charge is 0.507 e. The topological polar surface area (TPSA) is 66.8 Å². The number of aliphatic hydroxyl groups excluding tert-OH is 1. The number of methoxy groups -OCH3 is 1. The Morgan fingerprint density at radius 1 is 0.857 bits per heavy atom. The van der Waals surface area contributed by atoms with Crippen LogP contribution in [-0.2, 0) is 16.0 Å². The molecule has 1 atom stereocenters. The zero-order valence-electron chi connectivity index (χ0n) is 19.3. The summed E-state index contributed by atoms with van der Waals surface area (Å²) in [7, 11) is 1.62. The molecule has 0 saturated carbocycles. The summed E-state index contributed by atoms with van der Waals surface area (Å²) >= 11 is 0. The lowest BCUT2D eigenvalue weighted by molar-refractivity contribution is -0.139. The predicted octanol–water partition coefficient (Wildman–Crippen LogP) is 5.51. The van der Waals surface area contributed by atoms with Gasteiger partial charge in [-0.25, -0.2) is 0 Å². The standard InChI is InChI=1S/C30H25NO4/c1-35-23-16-14-20(15-17-23)18-19-31-27(22-9-3-2-4-10-22)26(29(33)30(31)34)28(32)25-13-7-11-21-8-5-6-12-24(21)25/h2-17,27,32H,18-19H2,1H3/b28-26-. The molecule has 1 aliphatic rings. The fourth-order valence-corrected chi connectivity index (χ4v) is 4.71. The van der Waals surface area contributed by atoms with E-state index < -0.39 is 17.7 Å². The second-order valence-corrected chi connectivity index (χ2v) is 8.53. The lowest BCUT2D eigenvalue weighted by atomic mass is 9.93. The molecule has 1 heterocycles. The van der Waals surface area contributed by atoms with Crippen LogP contribution in [0, 0.1) is 0 Å². The summed E-state index contributed by atoms with van der Waals surface area (Å²) in [6.45, 7) is 0.336. The van der Waals surface area contributed by atoms with Gasteiger partial charge in [0.25, 0.3) is 11.7 Å². The summed E-state index contributed by atoms with van der Waals surface area (Å²) in [6.07, 6.45) is 0.564. The maximum absolute atomic E-state index is 13.3. The molecule has 1 aliphatic heterocycles. The minimum absolute atomic E-state index is 0.118. The smallest absolute Gasteiger partial charge is 0.295 e. The van der Waals surface area contributed by atoms with Gasteiger partial charge in [-0.2, -0.15) is 0 Å². The van der Waals surface area contributed by atoms with Gasteiger partial charge >= 0.3 is 0 Å². The predicted molar refractivity (Wildman–Crippen MR) is 136 cm³/mol. The number of carbonyl (C=O) groups excluding carboxylic acids is 2. The van der Waals surface area contributed by atoms with Crippen LogP contribution in [0.5, 0.6) is 5.75 Å². The lowest BCUT2D eigenvalue weighted by Gasteiger charge is -2.25. The van der Waals surface area contributed by atoms with Gasteiger partial charge in [0.15, 0.2) is 0 Å². The minimum atomic E-state index is -0.673. The van der Waals surface area contributed by atoms with Crippen LogP contribution in [0.2, 0.25) is 0 Å². The number of hydrogen-bond acceptors (Lipinski definition) is 4. The van der Waals surface area contributed by atoms with Crippen molar-refractivity contribution >= 4 is 28.2 Å². The number of Topliss-reactive ketones (excluding diaryl/α,β-unsaturated/α-hetero) is 1. The molecule has 5 nitrogen and oxygen atoms in total. The third-order valence-corrected chi connectivity index (χ3v) is 6.50. The number of ether oxygens (including phenoxy) is 1. The summed E-state index contributed by atoms with van der Waals surface area (Å²) in [5.74, 6) is -0.664. The van der Waals surface area contributed by atoms with E-state index in [1.54, 1.807) is 18.1 Å². The Labute approximate surface area is 203 Å². The SMILES string of the molecule is COc1ccc(CCN2C(=O)C(=O)/C(=C(\O)c3cccc4ccccc34)C2c2ccccc2)cc1. The first-order chi connectivity index (χ1) is 17.1. The van der Waals surface area contributed by atoms with Gasteiger partial charge in [-0.1, -0.05) is 84.9 Å². The molecule has 1 unspecified atom stereocenters. The van der Waals surface area contributed by atoms with Crippen molar-refractivity contribution in [3.05, 3.63) is 119 Å². The quantitative estimate of drug-likeness (QED) is 0.233. The molecule has 0 radical (unpaired) electrons. The highest BCUT2D eigenvalue weighted by Gasteiger charge is 2.45. The Bertz CT molecular complexity index is 1420. The molecule has 1 fully saturated rings. The van der Waals surface area contributed by atoms with E-state index in [2.05, 4.69) is 0 Å². The first-order valence-corrected chi connectivity index (χ1v) is 11.5. The summed E-state index contributed by atoms with van der Waals surface area (Å²) in [5, 5.41) is 13.2. The molecule has 0 spiro atoms. The van der Waals surface area contributed by atoms with E-state index in [4.69, 9.17) is 4.74 Å². The number of aliphatic hydroxyl groups is 1. The molecule has 4 aromatic rings. The van der Waals surface area contributed by atoms with Crippen molar-refractivity contribution in [3.8, 4) is 5.75 Å². The highest BCUT2D eigenvalue weighted by molar-refractivity contribution is 6.46. The number of amides is 1. The number of benzene rings is 4. The number of rotatable bonds is 6. The van der Waals surface area contributed by atoms with Crippen molar-refractivity contribution in [1.82, 2.24) is 4.90 Å². The van der Waals surface area contributed by atoms with Crippen LogP contribution in [0.25, 0.3) is 16.5 Å². The second-order valence-electron chi connectivity index (χ2n) is 8.53. The zero-order valence-corrected chi connectivity index (χ0v) is 19.3. The van der Waals surface area contributed by atoms with Crippen LogP contribution >= 0.6 is 0 Å². The van der Waals surface area contributed by atoms with Crippen molar-refractivity contribution in [2.75, 3.05) is 13.7 Å². The summed E-state index contributed by atoms with van der Waals surface area (Å²) in [6, 6.07) is 29.6. The fourth-order valence-electron chi connectivity index (χ4n) is 4.71. The van der Waals surface area contributed by atoms with Crippen LogP contribution in [0.1, 0.15) is 22.7 Å². The van der Waals surface area contributed by atoms with E-state index in [0.717, 1.165) is 27.6 Å². The average Bonchev–Trinajstić information content (AvgIpc) is 3.17. The van der Waals surface area contributed by atoms with Gasteiger partial charge < -0.3 is 14.7 Å². The van der Waals surface area contributed by atoms with Crippen LogP contribution in [0.4, 0.5) is 0 Å². The molecule has 4 aromatic carbocycles. The van der Waals surface area contributed by atoms with E-state index in [-0.39, 0.29) is 11.3 Å². The summed E-state index contributed by atoms with van der Waals surface area (Å²) in [5.41, 5.74) is 2.46. The first kappa shape index (κ1) is 22.4. The highest BCUT2D eigenvalue weighted by atomic mass is 16.5. The van der Waals surface area contributed by atoms with Crippen LogP contribution in [-0.4, -0.2) is 35.4 Å². The lowest BCUT2D eigenvalue weighted by Crippen LogP contribution is -2.31. The van der Waals surface area contributed by atoms with E-state index in [9.17, 15) is 14.7 Å². The van der Waals surface area contributed by atoms with Gasteiger partial charge in [0.2, 0.25) is 0 Å². The number of ketones is 1. The molecule has 1 saturated heterocycles. The number of carbonyl (C=O) groups is 2. The Balaban J connectivity index is 1.58. The van der Waals surface area contributed by atoms with Gasteiger partial charge in [0.1, 0.15) is 11.5 Å². The van der Waals surface area contributed by atoms with Crippen LogP contribution in [0.3, 0.4) is 0 Å². The number of hydrogen-bond donors (Lipinski definition) is 1. The van der Waals surface area contributed by atoms with Crippen LogP contribution < -0.4 is 4.74 Å². The Morgan fingerprint density at radius 2 is 1.54 bits per heavy atom. The Kier molecular flexibility index (Phi) is 6.06. The van der Waals surface area contributed by atoms with Gasteiger partial charge in [-0.05, 0) is 40.5 Å². The van der Waals surface area contributed by atoms with E-state index in [0.29, 0.717) is 18.5 Å². The molecule has 0 aliphatic carbocycles. The van der Waals surface area contributed by atoms with E-state index in [1.807, 2.05) is 91.0 Å². The van der Waals surface area contributed by atoms with Crippen LogP contribution in [0.15, 0.2) is 103 Å². The molecule has 1 N–H and O–H groups in total. The number of likely N-dealkylation sites (tertiary alicyclic amines) is 1. The molecule has 174 valence electrons. The Hall–Kier alpha value is -4.38. The maximum Gasteiger partial charge on any atom is 0.295 e. The normalized spacial score (nSPS) is 17.2. The molecule has 0 bridgehead atoms. The molecule has 0 aromatic heterocycles. The number of nitrogens with zero attached hydrogens (tertiary/aromatic N) is 1. The molecular formula is C30H25NO4. The minimum Gasteiger partial charge on any atom is -0.507 e. The maximum atomic E-state index is 13.3. The van der Waals surface area contributed by atoms with Crippen molar-refractivity contribution in [3.63, 3.8) is 0 Å². The number of fused-ring (bicyclic) bond motifs is 1. The van der Waals surface area contributed by atoms with Gasteiger partial charge in [0.05, 0.1) is 18.7 Å². The zero-order chi connectivity index (χ0) is 24.4. The third kappa shape index (κ3) is 4.17. The monoisotopic (exact) mass is 463 g/mol. The molecule has 5 heteroatoms.